The summed E-state index contributed by atoms with van der Waals surface area (Å²) < 4.78 is 0. The van der Waals surface area contributed by atoms with E-state index in [1.807, 2.05) is 23.5 Å². The zero-order chi connectivity index (χ0) is 12.5. The molecule has 0 unspecified atom stereocenters. The van der Waals surface area contributed by atoms with Gasteiger partial charge in [-0.15, -0.1) is 11.3 Å². The third kappa shape index (κ3) is 2.49. The van der Waals surface area contributed by atoms with E-state index >= 15 is 0 Å². The average molecular weight is 256 g/mol. The lowest BCUT2D eigenvalue weighted by atomic mass is 10.1. The first kappa shape index (κ1) is 11.5. The van der Waals surface area contributed by atoms with Gasteiger partial charge in [-0.05, 0) is 36.5 Å². The predicted octanol–water partition coefficient (Wildman–Crippen LogP) is 4.75. The van der Waals surface area contributed by atoms with Crippen LogP contribution in [0.15, 0.2) is 43.0 Å². The van der Waals surface area contributed by atoms with Crippen molar-refractivity contribution < 1.29 is 5.11 Å². The highest BCUT2D eigenvalue weighted by Crippen LogP contribution is 2.43. The lowest BCUT2D eigenvalue weighted by molar-refractivity contribution is 0.514. The van der Waals surface area contributed by atoms with Gasteiger partial charge in [0.2, 0.25) is 0 Å². The molecule has 0 aliphatic heterocycles. The Morgan fingerprint density at radius 2 is 1.89 bits per heavy atom. The Bertz CT molecular complexity index is 561. The van der Waals surface area contributed by atoms with E-state index in [0.29, 0.717) is 0 Å². The van der Waals surface area contributed by atoms with Gasteiger partial charge in [0, 0.05) is 21.7 Å². The zero-order valence-electron chi connectivity index (χ0n) is 10.2. The largest absolute Gasteiger partial charge is 0.508 e. The standard InChI is InChI=1S/C16H16OS/c1-11(17)13-4-2-12(3-5-13)10-15-8-9-16(18-15)14-6-7-14/h2-5,8-9,14,17H,1,6-7,10H2. The van der Waals surface area contributed by atoms with Crippen molar-refractivity contribution in [3.8, 4) is 0 Å². The van der Waals surface area contributed by atoms with Crippen LogP contribution in [0.1, 0.15) is 39.6 Å². The van der Waals surface area contributed by atoms with Gasteiger partial charge in [-0.2, -0.15) is 0 Å². The van der Waals surface area contributed by atoms with Crippen LogP contribution in [0.25, 0.3) is 5.76 Å². The monoisotopic (exact) mass is 256 g/mol. The molecule has 0 spiro atoms. The van der Waals surface area contributed by atoms with Crippen molar-refractivity contribution >= 4 is 17.1 Å². The van der Waals surface area contributed by atoms with E-state index < -0.39 is 0 Å². The quantitative estimate of drug-likeness (QED) is 0.783. The fraction of sp³-hybridized carbons (Fsp3) is 0.250. The molecule has 1 fully saturated rings. The van der Waals surface area contributed by atoms with Crippen molar-refractivity contribution in [3.05, 3.63) is 63.9 Å². The minimum Gasteiger partial charge on any atom is -0.508 e. The van der Waals surface area contributed by atoms with Gasteiger partial charge in [-0.1, -0.05) is 30.8 Å². The Labute approximate surface area is 111 Å². The fourth-order valence-electron chi connectivity index (χ4n) is 2.09. The van der Waals surface area contributed by atoms with E-state index in [0.717, 1.165) is 17.9 Å². The summed E-state index contributed by atoms with van der Waals surface area (Å²) in [5.74, 6) is 0.984. The summed E-state index contributed by atoms with van der Waals surface area (Å²) in [5.41, 5.74) is 2.08. The fourth-order valence-corrected chi connectivity index (χ4v) is 3.31. The first-order chi connectivity index (χ1) is 8.72. The molecule has 1 aromatic carbocycles. The highest BCUT2D eigenvalue weighted by Gasteiger charge is 2.24. The van der Waals surface area contributed by atoms with Crippen LogP contribution >= 0.6 is 11.3 Å². The van der Waals surface area contributed by atoms with E-state index in [-0.39, 0.29) is 5.76 Å². The van der Waals surface area contributed by atoms with Crippen molar-refractivity contribution in [2.45, 2.75) is 25.2 Å². The topological polar surface area (TPSA) is 20.2 Å². The molecule has 18 heavy (non-hydrogen) atoms. The number of aliphatic hydroxyl groups is 1. The number of benzene rings is 1. The van der Waals surface area contributed by atoms with E-state index in [4.69, 9.17) is 0 Å². The molecule has 1 aliphatic carbocycles. The Kier molecular flexibility index (Phi) is 2.96. The maximum atomic E-state index is 9.28. The van der Waals surface area contributed by atoms with E-state index in [1.54, 1.807) is 4.88 Å². The van der Waals surface area contributed by atoms with E-state index in [9.17, 15) is 5.11 Å². The summed E-state index contributed by atoms with van der Waals surface area (Å²) in [6.07, 6.45) is 3.72. The van der Waals surface area contributed by atoms with E-state index in [1.165, 1.54) is 23.3 Å². The van der Waals surface area contributed by atoms with Crippen LogP contribution in [0, 0.1) is 0 Å². The molecule has 1 aliphatic rings. The van der Waals surface area contributed by atoms with Crippen LogP contribution in [0.4, 0.5) is 0 Å². The molecule has 92 valence electrons. The van der Waals surface area contributed by atoms with Gasteiger partial charge in [0.15, 0.2) is 0 Å². The highest BCUT2D eigenvalue weighted by atomic mass is 32.1. The Balaban J connectivity index is 1.72. The van der Waals surface area contributed by atoms with Gasteiger partial charge in [-0.3, -0.25) is 0 Å². The Hall–Kier alpha value is -1.54. The van der Waals surface area contributed by atoms with Gasteiger partial charge < -0.3 is 5.11 Å². The normalized spacial score (nSPS) is 14.7. The maximum Gasteiger partial charge on any atom is 0.115 e. The first-order valence-corrected chi connectivity index (χ1v) is 7.10. The molecule has 1 heterocycles. The molecule has 3 rings (SSSR count). The first-order valence-electron chi connectivity index (χ1n) is 6.28. The zero-order valence-corrected chi connectivity index (χ0v) is 11.0. The van der Waals surface area contributed by atoms with Crippen LogP contribution < -0.4 is 0 Å². The van der Waals surface area contributed by atoms with Gasteiger partial charge in [0.25, 0.3) is 0 Å². The molecule has 0 amide bonds. The smallest absolute Gasteiger partial charge is 0.115 e. The van der Waals surface area contributed by atoms with Gasteiger partial charge in [0.1, 0.15) is 5.76 Å². The summed E-state index contributed by atoms with van der Waals surface area (Å²) in [5, 5.41) is 9.28. The summed E-state index contributed by atoms with van der Waals surface area (Å²) in [6, 6.07) is 12.5. The molecule has 2 aromatic rings. The Morgan fingerprint density at radius 3 is 2.50 bits per heavy atom. The third-order valence-electron chi connectivity index (χ3n) is 3.33. The van der Waals surface area contributed by atoms with Gasteiger partial charge in [-0.25, -0.2) is 0 Å². The maximum absolute atomic E-state index is 9.28. The molecule has 2 heteroatoms. The molecular formula is C16H16OS. The molecule has 1 saturated carbocycles. The van der Waals surface area contributed by atoms with Crippen molar-refractivity contribution in [1.29, 1.82) is 0 Å². The van der Waals surface area contributed by atoms with E-state index in [2.05, 4.69) is 30.8 Å². The number of aliphatic hydroxyl groups excluding tert-OH is 1. The van der Waals surface area contributed by atoms with Crippen LogP contribution in [0.5, 0.6) is 0 Å². The van der Waals surface area contributed by atoms with Gasteiger partial charge >= 0.3 is 0 Å². The minimum atomic E-state index is 0.133. The van der Waals surface area contributed by atoms with Crippen LogP contribution in [-0.4, -0.2) is 5.11 Å². The van der Waals surface area contributed by atoms with Crippen molar-refractivity contribution in [1.82, 2.24) is 0 Å². The summed E-state index contributed by atoms with van der Waals surface area (Å²) in [7, 11) is 0. The second kappa shape index (κ2) is 4.62. The van der Waals surface area contributed by atoms with Crippen molar-refractivity contribution in [3.63, 3.8) is 0 Å². The third-order valence-corrected chi connectivity index (χ3v) is 4.58. The van der Waals surface area contributed by atoms with Gasteiger partial charge in [0.05, 0.1) is 0 Å². The molecule has 1 N–H and O–H groups in total. The molecule has 0 bridgehead atoms. The Morgan fingerprint density at radius 1 is 1.17 bits per heavy atom. The number of hydrogen-bond donors (Lipinski definition) is 1. The van der Waals surface area contributed by atoms with Crippen LogP contribution in [0.3, 0.4) is 0 Å². The summed E-state index contributed by atoms with van der Waals surface area (Å²) in [6.45, 7) is 3.53. The molecule has 1 nitrogen and oxygen atoms in total. The molecule has 0 saturated heterocycles. The average Bonchev–Trinajstić information content (AvgIpc) is 3.11. The SMILES string of the molecule is C=C(O)c1ccc(Cc2ccc(C3CC3)s2)cc1. The van der Waals surface area contributed by atoms with Crippen molar-refractivity contribution in [2.24, 2.45) is 0 Å². The lowest BCUT2D eigenvalue weighted by Crippen LogP contribution is -1.86. The molecule has 1 aromatic heterocycles. The second-order valence-electron chi connectivity index (χ2n) is 4.90. The number of rotatable bonds is 4. The predicted molar refractivity (Wildman–Crippen MR) is 77.2 cm³/mol. The summed E-state index contributed by atoms with van der Waals surface area (Å²) >= 11 is 1.94. The molecule has 0 radical (unpaired) electrons. The minimum absolute atomic E-state index is 0.133. The number of hydrogen-bond acceptors (Lipinski definition) is 2. The highest BCUT2D eigenvalue weighted by molar-refractivity contribution is 7.12. The molecule has 0 atom stereocenters. The number of thiophene rings is 1. The van der Waals surface area contributed by atoms with Crippen molar-refractivity contribution in [2.75, 3.05) is 0 Å². The van der Waals surface area contributed by atoms with Crippen LogP contribution in [-0.2, 0) is 6.42 Å². The molecular weight excluding hydrogens is 240 g/mol. The summed E-state index contributed by atoms with van der Waals surface area (Å²) in [4.78, 5) is 2.97. The second-order valence-corrected chi connectivity index (χ2v) is 6.10. The lowest BCUT2D eigenvalue weighted by Gasteiger charge is -2.01. The van der Waals surface area contributed by atoms with Crippen LogP contribution in [0.2, 0.25) is 0 Å².